The molecule has 2 rings (SSSR count). The number of hydrogen-bond acceptors (Lipinski definition) is 2. The van der Waals surface area contributed by atoms with Crippen LogP contribution in [0.1, 0.15) is 30.1 Å². The Morgan fingerprint density at radius 3 is 2.95 bits per heavy atom. The molecule has 5 heteroatoms. The maximum Gasteiger partial charge on any atom is 0.257 e. The molecule has 1 heterocycles. The third-order valence-corrected chi connectivity index (χ3v) is 4.23. The Morgan fingerprint density at radius 1 is 1.53 bits per heavy atom. The van der Waals surface area contributed by atoms with Crippen LogP contribution in [-0.4, -0.2) is 29.9 Å². The minimum atomic E-state index is -0.477. The molecular formula is C14H18BrFN2O. The van der Waals surface area contributed by atoms with Gasteiger partial charge in [0.1, 0.15) is 5.82 Å². The van der Waals surface area contributed by atoms with E-state index >= 15 is 0 Å². The van der Waals surface area contributed by atoms with Gasteiger partial charge in [-0.05, 0) is 50.4 Å². The summed E-state index contributed by atoms with van der Waals surface area (Å²) in [7, 11) is 0. The molecule has 2 atom stereocenters. The highest BCUT2D eigenvalue weighted by molar-refractivity contribution is 9.10. The number of benzene rings is 1. The molecule has 1 aliphatic rings. The number of piperidine rings is 1. The summed E-state index contributed by atoms with van der Waals surface area (Å²) in [5, 5.41) is 0. The van der Waals surface area contributed by atoms with Gasteiger partial charge in [0.05, 0.1) is 5.56 Å². The Morgan fingerprint density at radius 2 is 2.26 bits per heavy atom. The van der Waals surface area contributed by atoms with Crippen molar-refractivity contribution in [1.82, 2.24) is 4.90 Å². The molecule has 0 saturated carbocycles. The molecule has 0 radical (unpaired) electrons. The van der Waals surface area contributed by atoms with E-state index in [9.17, 15) is 9.18 Å². The highest BCUT2D eigenvalue weighted by atomic mass is 79.9. The second-order valence-electron chi connectivity index (χ2n) is 5.11. The smallest absolute Gasteiger partial charge is 0.257 e. The quantitative estimate of drug-likeness (QED) is 0.907. The van der Waals surface area contributed by atoms with Crippen LogP contribution in [0.3, 0.4) is 0 Å². The molecule has 1 aromatic rings. The van der Waals surface area contributed by atoms with Crippen LogP contribution in [0.15, 0.2) is 22.7 Å². The molecule has 2 unspecified atom stereocenters. The van der Waals surface area contributed by atoms with Crippen molar-refractivity contribution in [3.8, 4) is 0 Å². The summed E-state index contributed by atoms with van der Waals surface area (Å²) in [6.45, 7) is 3.18. The summed E-state index contributed by atoms with van der Waals surface area (Å²) in [4.78, 5) is 14.2. The lowest BCUT2D eigenvalue weighted by Crippen LogP contribution is -2.47. The van der Waals surface area contributed by atoms with Crippen LogP contribution >= 0.6 is 15.9 Å². The topological polar surface area (TPSA) is 46.3 Å². The molecule has 0 aliphatic carbocycles. The lowest BCUT2D eigenvalue weighted by Gasteiger charge is -2.37. The molecule has 2 N–H and O–H groups in total. The molecule has 3 nitrogen and oxygen atoms in total. The van der Waals surface area contributed by atoms with Crippen molar-refractivity contribution in [3.63, 3.8) is 0 Å². The van der Waals surface area contributed by atoms with E-state index in [-0.39, 0.29) is 17.5 Å². The van der Waals surface area contributed by atoms with Crippen LogP contribution in [0, 0.1) is 11.7 Å². The maximum absolute atomic E-state index is 13.8. The summed E-state index contributed by atoms with van der Waals surface area (Å²) in [5.74, 6) is -0.407. The van der Waals surface area contributed by atoms with Crippen LogP contribution in [-0.2, 0) is 0 Å². The van der Waals surface area contributed by atoms with E-state index < -0.39 is 5.82 Å². The monoisotopic (exact) mass is 328 g/mol. The first-order valence-electron chi connectivity index (χ1n) is 6.49. The van der Waals surface area contributed by atoms with E-state index in [2.05, 4.69) is 15.9 Å². The van der Waals surface area contributed by atoms with Crippen LogP contribution in [0.4, 0.5) is 4.39 Å². The van der Waals surface area contributed by atoms with Crippen LogP contribution in [0.5, 0.6) is 0 Å². The first-order valence-corrected chi connectivity index (χ1v) is 7.28. The normalized spacial score (nSPS) is 23.5. The average Bonchev–Trinajstić information content (AvgIpc) is 2.41. The van der Waals surface area contributed by atoms with Crippen molar-refractivity contribution in [2.75, 3.05) is 13.1 Å². The van der Waals surface area contributed by atoms with Gasteiger partial charge in [-0.1, -0.05) is 15.9 Å². The lowest BCUT2D eigenvalue weighted by atomic mass is 9.93. The van der Waals surface area contributed by atoms with Crippen molar-refractivity contribution < 1.29 is 9.18 Å². The van der Waals surface area contributed by atoms with Gasteiger partial charge in [-0.25, -0.2) is 4.39 Å². The first kappa shape index (κ1) is 14.5. The van der Waals surface area contributed by atoms with Gasteiger partial charge >= 0.3 is 0 Å². The van der Waals surface area contributed by atoms with Gasteiger partial charge < -0.3 is 10.6 Å². The zero-order valence-electron chi connectivity index (χ0n) is 10.9. The Balaban J connectivity index is 2.24. The zero-order chi connectivity index (χ0) is 14.0. The van der Waals surface area contributed by atoms with Gasteiger partial charge in [-0.2, -0.15) is 0 Å². The van der Waals surface area contributed by atoms with Crippen molar-refractivity contribution in [1.29, 1.82) is 0 Å². The summed E-state index contributed by atoms with van der Waals surface area (Å²) in [6.07, 6.45) is 1.95. The largest absolute Gasteiger partial charge is 0.336 e. The molecule has 1 fully saturated rings. The van der Waals surface area contributed by atoms with Gasteiger partial charge in [0.25, 0.3) is 5.91 Å². The van der Waals surface area contributed by atoms with Crippen molar-refractivity contribution in [2.24, 2.45) is 11.7 Å². The van der Waals surface area contributed by atoms with Gasteiger partial charge in [0.15, 0.2) is 0 Å². The number of hydrogen-bond donors (Lipinski definition) is 1. The van der Waals surface area contributed by atoms with Gasteiger partial charge in [-0.3, -0.25) is 4.79 Å². The van der Waals surface area contributed by atoms with Crippen molar-refractivity contribution in [3.05, 3.63) is 34.1 Å². The summed E-state index contributed by atoms with van der Waals surface area (Å²) >= 11 is 3.27. The highest BCUT2D eigenvalue weighted by Crippen LogP contribution is 2.25. The Hall–Kier alpha value is -0.940. The fourth-order valence-corrected chi connectivity index (χ4v) is 2.83. The fraction of sp³-hybridized carbons (Fsp3) is 0.500. The van der Waals surface area contributed by atoms with Gasteiger partial charge in [0.2, 0.25) is 0 Å². The number of carbonyl (C=O) groups is 1. The molecule has 0 aromatic heterocycles. The molecule has 0 spiro atoms. The highest BCUT2D eigenvalue weighted by Gasteiger charge is 2.30. The molecule has 0 bridgehead atoms. The fourth-order valence-electron chi connectivity index (χ4n) is 2.47. The van der Waals surface area contributed by atoms with E-state index in [1.807, 2.05) is 6.92 Å². The average molecular weight is 329 g/mol. The molecular weight excluding hydrogens is 311 g/mol. The second-order valence-corrected chi connectivity index (χ2v) is 6.03. The number of carbonyl (C=O) groups excluding carboxylic acids is 1. The van der Waals surface area contributed by atoms with Crippen LogP contribution in [0.2, 0.25) is 0 Å². The number of halogens is 2. The number of amides is 1. The Bertz CT molecular complexity index is 481. The standard InChI is InChI=1S/C14H18BrFN2O/c1-9-2-3-10(7-17)8-18(9)14(19)12-6-11(15)4-5-13(12)16/h4-6,9-10H,2-3,7-8,17H2,1H3. The van der Waals surface area contributed by atoms with Crippen molar-refractivity contribution >= 4 is 21.8 Å². The number of likely N-dealkylation sites (tertiary alicyclic amines) is 1. The first-order chi connectivity index (χ1) is 9.02. The Labute approximate surface area is 121 Å². The van der Waals surface area contributed by atoms with E-state index in [1.165, 1.54) is 12.1 Å². The minimum absolute atomic E-state index is 0.124. The predicted molar refractivity (Wildman–Crippen MR) is 76.4 cm³/mol. The van der Waals surface area contributed by atoms with Gasteiger partial charge in [-0.15, -0.1) is 0 Å². The number of rotatable bonds is 2. The maximum atomic E-state index is 13.8. The number of nitrogens with two attached hydrogens (primary N) is 1. The van der Waals surface area contributed by atoms with E-state index in [0.29, 0.717) is 23.5 Å². The third-order valence-electron chi connectivity index (χ3n) is 3.73. The molecule has 19 heavy (non-hydrogen) atoms. The molecule has 1 saturated heterocycles. The van der Waals surface area contributed by atoms with E-state index in [1.54, 1.807) is 11.0 Å². The predicted octanol–water partition coefficient (Wildman–Crippen LogP) is 2.79. The van der Waals surface area contributed by atoms with E-state index in [4.69, 9.17) is 5.73 Å². The molecule has 1 aromatic carbocycles. The molecule has 1 aliphatic heterocycles. The molecule has 1 amide bonds. The van der Waals surface area contributed by atoms with Crippen LogP contribution < -0.4 is 5.73 Å². The third kappa shape index (κ3) is 3.15. The second kappa shape index (κ2) is 6.01. The summed E-state index contributed by atoms with van der Waals surface area (Å²) < 4.78 is 14.5. The summed E-state index contributed by atoms with van der Waals surface area (Å²) in [5.41, 5.74) is 5.81. The van der Waals surface area contributed by atoms with Gasteiger partial charge in [0, 0.05) is 17.1 Å². The van der Waals surface area contributed by atoms with Crippen LogP contribution in [0.25, 0.3) is 0 Å². The zero-order valence-corrected chi connectivity index (χ0v) is 12.5. The Kier molecular flexibility index (Phi) is 4.58. The van der Waals surface area contributed by atoms with Crippen molar-refractivity contribution in [2.45, 2.75) is 25.8 Å². The number of nitrogens with zero attached hydrogens (tertiary/aromatic N) is 1. The van der Waals surface area contributed by atoms with E-state index in [0.717, 1.165) is 12.8 Å². The molecule has 104 valence electrons. The summed E-state index contributed by atoms with van der Waals surface area (Å²) in [6, 6.07) is 4.57. The lowest BCUT2D eigenvalue weighted by molar-refractivity contribution is 0.0562. The SMILES string of the molecule is CC1CCC(CN)CN1C(=O)c1cc(Br)ccc1F. The minimum Gasteiger partial charge on any atom is -0.336 e.